The Morgan fingerprint density at radius 1 is 1.32 bits per heavy atom. The van der Waals surface area contributed by atoms with Crippen LogP contribution in [0.5, 0.6) is 0 Å². The first kappa shape index (κ1) is 16.2. The van der Waals surface area contributed by atoms with Crippen molar-refractivity contribution in [2.75, 3.05) is 13.6 Å². The number of halogens is 1. The number of rotatable bonds is 6. The van der Waals surface area contributed by atoms with Crippen molar-refractivity contribution in [2.45, 2.75) is 39.3 Å². The minimum atomic E-state index is -0.116. The molecule has 1 aromatic carbocycles. The van der Waals surface area contributed by atoms with E-state index < -0.39 is 0 Å². The summed E-state index contributed by atoms with van der Waals surface area (Å²) < 4.78 is 1.08. The summed E-state index contributed by atoms with van der Waals surface area (Å²) in [7, 11) is 2.04. The Bertz CT molecular complexity index is 415. The van der Waals surface area contributed by atoms with E-state index in [0.29, 0.717) is 6.54 Å². The molecule has 4 heteroatoms. The zero-order valence-corrected chi connectivity index (χ0v) is 13.8. The smallest absolute Gasteiger partial charge is 0.275 e. The lowest BCUT2D eigenvalue weighted by molar-refractivity contribution is -0.885. The fourth-order valence-corrected chi connectivity index (χ4v) is 2.06. The summed E-state index contributed by atoms with van der Waals surface area (Å²) in [6.07, 6.45) is 0.935. The topological polar surface area (TPSA) is 33.5 Å². The number of carbonyl (C=O) groups is 1. The van der Waals surface area contributed by atoms with E-state index in [1.165, 1.54) is 10.5 Å². The Morgan fingerprint density at radius 3 is 2.42 bits per heavy atom. The Morgan fingerprint density at radius 2 is 1.89 bits per heavy atom. The Balaban J connectivity index is 2.44. The van der Waals surface area contributed by atoms with E-state index in [2.05, 4.69) is 54.2 Å². The van der Waals surface area contributed by atoms with Gasteiger partial charge in [0.05, 0.1) is 7.05 Å². The highest BCUT2D eigenvalue weighted by Gasteiger charge is 2.20. The average Bonchev–Trinajstić information content (AvgIpc) is 2.31. The molecule has 0 bridgehead atoms. The normalized spacial score (nSPS) is 13.1. The van der Waals surface area contributed by atoms with E-state index >= 15 is 0 Å². The van der Waals surface area contributed by atoms with Gasteiger partial charge in [-0.15, -0.1) is 0 Å². The maximum absolute atomic E-state index is 11.9. The largest absolute Gasteiger partial charge is 0.346 e. The monoisotopic (exact) mass is 327 g/mol. The summed E-state index contributed by atoms with van der Waals surface area (Å²) in [5.74, 6) is 0.112. The van der Waals surface area contributed by atoms with Crippen molar-refractivity contribution in [1.82, 2.24) is 5.32 Å². The molecule has 0 aliphatic carbocycles. The van der Waals surface area contributed by atoms with Gasteiger partial charge in [0.15, 0.2) is 6.54 Å². The minimum Gasteiger partial charge on any atom is -0.346 e. The second kappa shape index (κ2) is 7.06. The number of benzene rings is 1. The predicted molar refractivity (Wildman–Crippen MR) is 82.1 cm³/mol. The third-order valence-corrected chi connectivity index (χ3v) is 3.77. The lowest BCUT2D eigenvalue weighted by Gasteiger charge is -2.25. The second-order valence-electron chi connectivity index (χ2n) is 5.72. The van der Waals surface area contributed by atoms with Crippen LogP contribution in [0.4, 0.5) is 0 Å². The lowest BCUT2D eigenvalue weighted by Crippen LogP contribution is -3.09. The summed E-state index contributed by atoms with van der Waals surface area (Å²) >= 11 is 3.42. The molecule has 0 heterocycles. The predicted octanol–water partition coefficient (Wildman–Crippen LogP) is 1.77. The van der Waals surface area contributed by atoms with Crippen LogP contribution in [0, 0.1) is 0 Å². The molecular formula is C15H24BrN2O+. The van der Waals surface area contributed by atoms with Crippen LogP contribution in [0.2, 0.25) is 0 Å². The molecule has 19 heavy (non-hydrogen) atoms. The number of hydrogen-bond donors (Lipinski definition) is 2. The molecule has 0 aliphatic heterocycles. The van der Waals surface area contributed by atoms with E-state index in [1.54, 1.807) is 0 Å². The van der Waals surface area contributed by atoms with Crippen LogP contribution in [-0.2, 0) is 11.3 Å². The van der Waals surface area contributed by atoms with Crippen molar-refractivity contribution >= 4 is 21.8 Å². The highest BCUT2D eigenvalue weighted by Crippen LogP contribution is 2.09. The van der Waals surface area contributed by atoms with E-state index in [-0.39, 0.29) is 11.4 Å². The molecule has 0 fully saturated rings. The summed E-state index contributed by atoms with van der Waals surface area (Å²) in [5.41, 5.74) is 1.12. The fourth-order valence-electron chi connectivity index (χ4n) is 1.80. The van der Waals surface area contributed by atoms with Crippen LogP contribution in [0.25, 0.3) is 0 Å². The van der Waals surface area contributed by atoms with Gasteiger partial charge in [-0.25, -0.2) is 0 Å². The van der Waals surface area contributed by atoms with Gasteiger partial charge in [0.2, 0.25) is 0 Å². The maximum Gasteiger partial charge on any atom is 0.275 e. The Labute approximate surface area is 124 Å². The molecule has 1 amide bonds. The standard InChI is InChI=1S/C15H23BrN2O/c1-5-15(2,3)17-14(19)11-18(4)10-12-6-8-13(16)9-7-12/h6-9H,5,10-11H2,1-4H3,(H,17,19)/p+1. The van der Waals surface area contributed by atoms with Crippen molar-refractivity contribution in [2.24, 2.45) is 0 Å². The maximum atomic E-state index is 11.9. The zero-order valence-electron chi connectivity index (χ0n) is 12.2. The fraction of sp³-hybridized carbons (Fsp3) is 0.533. The highest BCUT2D eigenvalue weighted by atomic mass is 79.9. The molecule has 106 valence electrons. The van der Waals surface area contributed by atoms with Crippen molar-refractivity contribution in [1.29, 1.82) is 0 Å². The second-order valence-corrected chi connectivity index (χ2v) is 6.64. The number of hydrogen-bond acceptors (Lipinski definition) is 1. The van der Waals surface area contributed by atoms with Crippen LogP contribution in [0.15, 0.2) is 28.7 Å². The van der Waals surface area contributed by atoms with Crippen LogP contribution < -0.4 is 10.2 Å². The number of amides is 1. The molecule has 2 N–H and O–H groups in total. The zero-order chi connectivity index (χ0) is 14.5. The van der Waals surface area contributed by atoms with Gasteiger partial charge in [-0.05, 0) is 32.4 Å². The first-order valence-corrected chi connectivity index (χ1v) is 7.48. The van der Waals surface area contributed by atoms with Gasteiger partial charge in [0, 0.05) is 15.6 Å². The van der Waals surface area contributed by atoms with Gasteiger partial charge in [0.1, 0.15) is 6.54 Å². The molecule has 1 atom stereocenters. The molecule has 0 saturated heterocycles. The van der Waals surface area contributed by atoms with E-state index in [4.69, 9.17) is 0 Å². The number of nitrogens with one attached hydrogen (secondary N) is 2. The molecule has 0 radical (unpaired) electrons. The third-order valence-electron chi connectivity index (χ3n) is 3.24. The van der Waals surface area contributed by atoms with Crippen LogP contribution >= 0.6 is 15.9 Å². The van der Waals surface area contributed by atoms with Crippen LogP contribution in [0.3, 0.4) is 0 Å². The molecule has 3 nitrogen and oxygen atoms in total. The molecule has 1 unspecified atom stereocenters. The Kier molecular flexibility index (Phi) is 6.01. The first-order valence-electron chi connectivity index (χ1n) is 6.69. The van der Waals surface area contributed by atoms with Crippen molar-refractivity contribution in [3.8, 4) is 0 Å². The number of quaternary nitrogens is 1. The van der Waals surface area contributed by atoms with Crippen molar-refractivity contribution < 1.29 is 9.69 Å². The molecule has 1 rings (SSSR count). The highest BCUT2D eigenvalue weighted by molar-refractivity contribution is 9.10. The van der Waals surface area contributed by atoms with Gasteiger partial charge < -0.3 is 10.2 Å². The summed E-state index contributed by atoms with van der Waals surface area (Å²) in [5, 5.41) is 3.06. The first-order chi connectivity index (χ1) is 8.82. The van der Waals surface area contributed by atoms with Gasteiger partial charge in [0.25, 0.3) is 5.91 Å². The van der Waals surface area contributed by atoms with Crippen molar-refractivity contribution in [3.63, 3.8) is 0 Å². The molecule has 0 aliphatic rings. The summed E-state index contributed by atoms with van der Waals surface area (Å²) in [6, 6.07) is 8.23. The molecule has 0 aromatic heterocycles. The quantitative estimate of drug-likeness (QED) is 0.820. The van der Waals surface area contributed by atoms with E-state index in [9.17, 15) is 4.79 Å². The van der Waals surface area contributed by atoms with Gasteiger partial charge in [-0.1, -0.05) is 35.0 Å². The molecule has 1 aromatic rings. The third kappa shape index (κ3) is 6.21. The van der Waals surface area contributed by atoms with Gasteiger partial charge >= 0.3 is 0 Å². The van der Waals surface area contributed by atoms with Crippen LogP contribution in [0.1, 0.15) is 32.8 Å². The molecule has 0 saturated carbocycles. The van der Waals surface area contributed by atoms with Crippen molar-refractivity contribution in [3.05, 3.63) is 34.3 Å². The van der Waals surface area contributed by atoms with Gasteiger partial charge in [-0.2, -0.15) is 0 Å². The Hall–Kier alpha value is -0.870. The van der Waals surface area contributed by atoms with E-state index in [0.717, 1.165) is 17.4 Å². The van der Waals surface area contributed by atoms with Crippen LogP contribution in [-0.4, -0.2) is 25.0 Å². The number of carbonyl (C=O) groups excluding carboxylic acids is 1. The van der Waals surface area contributed by atoms with Gasteiger partial charge in [-0.3, -0.25) is 4.79 Å². The SMILES string of the molecule is CCC(C)(C)NC(=O)C[NH+](C)Cc1ccc(Br)cc1. The summed E-state index contributed by atoms with van der Waals surface area (Å²) in [4.78, 5) is 13.1. The molecular weight excluding hydrogens is 304 g/mol. The lowest BCUT2D eigenvalue weighted by atomic mass is 10.0. The number of likely N-dealkylation sites (N-methyl/N-ethyl adjacent to an activating group) is 1. The minimum absolute atomic E-state index is 0.112. The summed E-state index contributed by atoms with van der Waals surface area (Å²) in [6.45, 7) is 7.54. The van der Waals surface area contributed by atoms with E-state index in [1.807, 2.05) is 19.2 Å². The molecule has 0 spiro atoms. The average molecular weight is 328 g/mol.